The molecule has 1 saturated heterocycles. The number of nitrogens with one attached hydrogen (secondary N) is 2. The third-order valence-electron chi connectivity index (χ3n) is 5.27. The standard InChI is InChI=1S/C23H25ClN6O2/c1-15(2)26-20-13-16(7-8-17(20)14-25)21-27-23(28-32-21)30-11-9-29(10-12-30)22(31)18-5-3-4-6-19(18)24/h3-8,13-15,25-26H,9-12H2,1-2H3. The van der Waals surface area contributed by atoms with Gasteiger partial charge in [-0.15, -0.1) is 0 Å². The highest BCUT2D eigenvalue weighted by Gasteiger charge is 2.26. The molecular formula is C23H25ClN6O2. The molecule has 1 aromatic heterocycles. The van der Waals surface area contributed by atoms with E-state index in [0.29, 0.717) is 48.6 Å². The SMILES string of the molecule is CC(C)Nc1cc(-c2nc(N3CCN(C(=O)c4ccccc4Cl)CC3)no2)ccc1C=N. The van der Waals surface area contributed by atoms with Crippen molar-refractivity contribution in [1.29, 1.82) is 5.41 Å². The van der Waals surface area contributed by atoms with Crippen LogP contribution in [0.1, 0.15) is 29.8 Å². The van der Waals surface area contributed by atoms with Crippen LogP contribution in [0.5, 0.6) is 0 Å². The third-order valence-corrected chi connectivity index (χ3v) is 5.60. The van der Waals surface area contributed by atoms with Crippen molar-refractivity contribution in [3.63, 3.8) is 0 Å². The molecule has 2 aromatic carbocycles. The summed E-state index contributed by atoms with van der Waals surface area (Å²) in [6, 6.07) is 13.0. The van der Waals surface area contributed by atoms with E-state index in [2.05, 4.69) is 15.5 Å². The monoisotopic (exact) mass is 452 g/mol. The van der Waals surface area contributed by atoms with Crippen LogP contribution in [0.3, 0.4) is 0 Å². The van der Waals surface area contributed by atoms with Crippen molar-refractivity contribution in [2.45, 2.75) is 19.9 Å². The Labute approximate surface area is 191 Å². The van der Waals surface area contributed by atoms with Crippen LogP contribution < -0.4 is 10.2 Å². The highest BCUT2D eigenvalue weighted by molar-refractivity contribution is 6.33. The van der Waals surface area contributed by atoms with Crippen LogP contribution in [0.2, 0.25) is 5.02 Å². The van der Waals surface area contributed by atoms with E-state index >= 15 is 0 Å². The third kappa shape index (κ3) is 4.60. The van der Waals surface area contributed by atoms with E-state index in [1.54, 1.807) is 17.0 Å². The number of hydrogen-bond donors (Lipinski definition) is 2. The van der Waals surface area contributed by atoms with Crippen molar-refractivity contribution >= 4 is 35.4 Å². The molecule has 0 aliphatic carbocycles. The number of hydrogen-bond acceptors (Lipinski definition) is 7. The lowest BCUT2D eigenvalue weighted by Crippen LogP contribution is -2.49. The molecule has 1 fully saturated rings. The number of carbonyl (C=O) groups is 1. The number of nitrogens with zero attached hydrogens (tertiary/aromatic N) is 4. The molecule has 9 heteroatoms. The highest BCUT2D eigenvalue weighted by Crippen LogP contribution is 2.26. The maximum atomic E-state index is 12.8. The van der Waals surface area contributed by atoms with Gasteiger partial charge in [0.1, 0.15) is 0 Å². The fourth-order valence-corrected chi connectivity index (χ4v) is 3.84. The number of carbonyl (C=O) groups excluding carboxylic acids is 1. The molecule has 4 rings (SSSR count). The normalized spacial score (nSPS) is 14.0. The van der Waals surface area contributed by atoms with Crippen molar-refractivity contribution < 1.29 is 9.32 Å². The van der Waals surface area contributed by atoms with E-state index in [-0.39, 0.29) is 11.9 Å². The molecule has 0 radical (unpaired) electrons. The Morgan fingerprint density at radius 1 is 1.19 bits per heavy atom. The number of benzene rings is 2. The molecule has 0 atom stereocenters. The molecule has 1 amide bonds. The van der Waals surface area contributed by atoms with Crippen molar-refractivity contribution in [3.05, 3.63) is 58.6 Å². The predicted molar refractivity (Wildman–Crippen MR) is 126 cm³/mol. The first-order valence-corrected chi connectivity index (χ1v) is 10.9. The van der Waals surface area contributed by atoms with Gasteiger partial charge in [0, 0.05) is 55.2 Å². The molecule has 1 aliphatic heterocycles. The van der Waals surface area contributed by atoms with Gasteiger partial charge in [-0.05, 0) is 43.3 Å². The zero-order chi connectivity index (χ0) is 22.7. The summed E-state index contributed by atoms with van der Waals surface area (Å²) in [6.07, 6.45) is 1.32. The second kappa shape index (κ2) is 9.40. The van der Waals surface area contributed by atoms with Crippen LogP contribution in [0.15, 0.2) is 47.0 Å². The summed E-state index contributed by atoms with van der Waals surface area (Å²) in [5.41, 5.74) is 2.94. The Bertz CT molecular complexity index is 1120. The van der Waals surface area contributed by atoms with Crippen LogP contribution in [0.4, 0.5) is 11.6 Å². The zero-order valence-corrected chi connectivity index (χ0v) is 18.8. The summed E-state index contributed by atoms with van der Waals surface area (Å²) in [6.45, 7) is 6.38. The summed E-state index contributed by atoms with van der Waals surface area (Å²) >= 11 is 6.17. The fraction of sp³-hybridized carbons (Fsp3) is 0.304. The summed E-state index contributed by atoms with van der Waals surface area (Å²) < 4.78 is 5.51. The second-order valence-electron chi connectivity index (χ2n) is 7.90. The highest BCUT2D eigenvalue weighted by atomic mass is 35.5. The average molecular weight is 453 g/mol. The summed E-state index contributed by atoms with van der Waals surface area (Å²) in [5.74, 6) is 0.845. The van der Waals surface area contributed by atoms with E-state index < -0.39 is 0 Å². The molecule has 166 valence electrons. The number of anilines is 2. The Hall–Kier alpha value is -3.39. The van der Waals surface area contributed by atoms with Gasteiger partial charge in [-0.1, -0.05) is 29.8 Å². The molecule has 0 saturated carbocycles. The van der Waals surface area contributed by atoms with Gasteiger partial charge in [0.15, 0.2) is 0 Å². The van der Waals surface area contributed by atoms with Crippen LogP contribution in [0, 0.1) is 5.41 Å². The minimum Gasteiger partial charge on any atom is -0.382 e. The summed E-state index contributed by atoms with van der Waals surface area (Å²) in [5, 5.41) is 15.5. The van der Waals surface area contributed by atoms with Crippen LogP contribution >= 0.6 is 11.6 Å². The Morgan fingerprint density at radius 2 is 1.94 bits per heavy atom. The quantitative estimate of drug-likeness (QED) is 0.544. The number of aromatic nitrogens is 2. The Morgan fingerprint density at radius 3 is 2.62 bits per heavy atom. The van der Waals surface area contributed by atoms with Crippen molar-refractivity contribution in [3.8, 4) is 11.5 Å². The molecule has 0 spiro atoms. The molecule has 3 aromatic rings. The maximum Gasteiger partial charge on any atom is 0.266 e. The number of piperazine rings is 1. The van der Waals surface area contributed by atoms with Gasteiger partial charge >= 0.3 is 0 Å². The van der Waals surface area contributed by atoms with E-state index in [9.17, 15) is 4.79 Å². The molecule has 8 nitrogen and oxygen atoms in total. The molecule has 2 heterocycles. The topological polar surface area (TPSA) is 98.3 Å². The minimum absolute atomic E-state index is 0.0690. The van der Waals surface area contributed by atoms with Gasteiger partial charge < -0.3 is 25.0 Å². The molecule has 0 unspecified atom stereocenters. The van der Waals surface area contributed by atoms with Gasteiger partial charge in [0.05, 0.1) is 10.6 Å². The average Bonchev–Trinajstić information content (AvgIpc) is 3.29. The molecule has 1 aliphatic rings. The number of halogens is 1. The summed E-state index contributed by atoms with van der Waals surface area (Å²) in [4.78, 5) is 21.1. The largest absolute Gasteiger partial charge is 0.382 e. The fourth-order valence-electron chi connectivity index (χ4n) is 3.63. The zero-order valence-electron chi connectivity index (χ0n) is 18.0. The van der Waals surface area contributed by atoms with Gasteiger partial charge in [0.25, 0.3) is 17.7 Å². The number of rotatable bonds is 6. The van der Waals surface area contributed by atoms with Gasteiger partial charge in [-0.25, -0.2) is 0 Å². The first kappa shape index (κ1) is 21.8. The molecular weight excluding hydrogens is 428 g/mol. The lowest BCUT2D eigenvalue weighted by Gasteiger charge is -2.34. The maximum absolute atomic E-state index is 12.8. The van der Waals surface area contributed by atoms with Crippen molar-refractivity contribution in [2.75, 3.05) is 36.4 Å². The van der Waals surface area contributed by atoms with E-state index in [1.807, 2.05) is 49.1 Å². The van der Waals surface area contributed by atoms with Gasteiger partial charge in [-0.3, -0.25) is 4.79 Å². The van der Waals surface area contributed by atoms with Crippen LogP contribution in [0.25, 0.3) is 11.5 Å². The molecule has 2 N–H and O–H groups in total. The van der Waals surface area contributed by atoms with Crippen LogP contribution in [-0.2, 0) is 0 Å². The first-order chi connectivity index (χ1) is 15.5. The minimum atomic E-state index is -0.0690. The molecule has 0 bridgehead atoms. The lowest BCUT2D eigenvalue weighted by atomic mass is 10.1. The predicted octanol–water partition coefficient (Wildman–Crippen LogP) is 4.17. The van der Waals surface area contributed by atoms with Crippen molar-refractivity contribution in [1.82, 2.24) is 15.0 Å². The number of amides is 1. The Kier molecular flexibility index (Phi) is 6.41. The summed E-state index contributed by atoms with van der Waals surface area (Å²) in [7, 11) is 0. The van der Waals surface area contributed by atoms with Gasteiger partial charge in [0.2, 0.25) is 0 Å². The lowest BCUT2D eigenvalue weighted by molar-refractivity contribution is 0.0746. The smallest absolute Gasteiger partial charge is 0.266 e. The molecule has 32 heavy (non-hydrogen) atoms. The van der Waals surface area contributed by atoms with E-state index in [1.165, 1.54) is 6.21 Å². The first-order valence-electron chi connectivity index (χ1n) is 10.5. The van der Waals surface area contributed by atoms with Crippen LogP contribution in [-0.4, -0.2) is 59.4 Å². The van der Waals surface area contributed by atoms with Crippen molar-refractivity contribution in [2.24, 2.45) is 0 Å². The Balaban J connectivity index is 1.44. The van der Waals surface area contributed by atoms with E-state index in [4.69, 9.17) is 21.5 Å². The van der Waals surface area contributed by atoms with E-state index in [0.717, 1.165) is 16.8 Å². The second-order valence-corrected chi connectivity index (χ2v) is 8.31. The van der Waals surface area contributed by atoms with Gasteiger partial charge in [-0.2, -0.15) is 4.98 Å².